The van der Waals surface area contributed by atoms with Crippen molar-refractivity contribution in [3.63, 3.8) is 0 Å². The minimum atomic E-state index is -0.609. The van der Waals surface area contributed by atoms with Gasteiger partial charge < -0.3 is 15.5 Å². The van der Waals surface area contributed by atoms with E-state index in [0.717, 1.165) is 5.69 Å². The standard InChI is InChI=1S/C17H16FN3O2/c18-13-8-4-5-9-14(13)19-17(23)20-15-10-11-21(16(15)22)12-6-2-1-3-7-12/h1-9,15H,10-11H2,(H2,19,20,23)/t15-/m0/s1. The smallest absolute Gasteiger partial charge is 0.319 e. The van der Waals surface area contributed by atoms with Gasteiger partial charge in [-0.15, -0.1) is 0 Å². The average Bonchev–Trinajstić information content (AvgIpc) is 2.91. The van der Waals surface area contributed by atoms with Gasteiger partial charge in [0.1, 0.15) is 11.9 Å². The Hall–Kier alpha value is -2.89. The number of carbonyl (C=O) groups excluding carboxylic acids is 2. The van der Waals surface area contributed by atoms with Crippen LogP contribution in [0.5, 0.6) is 0 Å². The van der Waals surface area contributed by atoms with Crippen molar-refractivity contribution in [3.05, 3.63) is 60.4 Å². The van der Waals surface area contributed by atoms with Crippen LogP contribution in [0.4, 0.5) is 20.6 Å². The summed E-state index contributed by atoms with van der Waals surface area (Å²) in [6, 6.07) is 14.0. The molecule has 1 aliphatic heterocycles. The number of halogens is 1. The molecule has 1 fully saturated rings. The van der Waals surface area contributed by atoms with Gasteiger partial charge in [0.25, 0.3) is 0 Å². The van der Waals surface area contributed by atoms with Crippen molar-refractivity contribution in [1.29, 1.82) is 0 Å². The zero-order valence-corrected chi connectivity index (χ0v) is 12.3. The van der Waals surface area contributed by atoms with Crippen LogP contribution in [0.15, 0.2) is 54.6 Å². The number of rotatable bonds is 3. The summed E-state index contributed by atoms with van der Waals surface area (Å²) in [5.41, 5.74) is 0.881. The summed E-state index contributed by atoms with van der Waals surface area (Å²) in [6.45, 7) is 0.535. The lowest BCUT2D eigenvalue weighted by atomic mass is 10.2. The third-order valence-corrected chi connectivity index (χ3v) is 3.70. The Morgan fingerprint density at radius 1 is 1.09 bits per heavy atom. The fourth-order valence-electron chi connectivity index (χ4n) is 2.56. The molecule has 1 aliphatic rings. The highest BCUT2D eigenvalue weighted by atomic mass is 19.1. The lowest BCUT2D eigenvalue weighted by Gasteiger charge is -2.17. The summed E-state index contributed by atoms with van der Waals surface area (Å²) in [5.74, 6) is -0.689. The number of urea groups is 1. The first-order valence-electron chi connectivity index (χ1n) is 7.33. The molecule has 3 rings (SSSR count). The lowest BCUT2D eigenvalue weighted by Crippen LogP contribution is -2.43. The van der Waals surface area contributed by atoms with Crippen LogP contribution in [0, 0.1) is 5.82 Å². The molecule has 0 aromatic heterocycles. The van der Waals surface area contributed by atoms with Crippen molar-refractivity contribution < 1.29 is 14.0 Å². The van der Waals surface area contributed by atoms with Crippen LogP contribution in [-0.4, -0.2) is 24.5 Å². The molecule has 6 heteroatoms. The van der Waals surface area contributed by atoms with Crippen LogP contribution in [0.25, 0.3) is 0 Å². The second-order valence-corrected chi connectivity index (χ2v) is 5.24. The number of anilines is 2. The molecule has 1 heterocycles. The predicted octanol–water partition coefficient (Wildman–Crippen LogP) is 2.75. The van der Waals surface area contributed by atoms with Crippen molar-refractivity contribution in [1.82, 2.24) is 5.32 Å². The highest BCUT2D eigenvalue weighted by Gasteiger charge is 2.33. The van der Waals surface area contributed by atoms with E-state index in [1.165, 1.54) is 18.2 Å². The third kappa shape index (κ3) is 3.31. The van der Waals surface area contributed by atoms with Gasteiger partial charge in [0, 0.05) is 12.2 Å². The number of nitrogens with one attached hydrogen (secondary N) is 2. The number of hydrogen-bond acceptors (Lipinski definition) is 2. The van der Waals surface area contributed by atoms with Gasteiger partial charge in [-0.3, -0.25) is 4.79 Å². The molecule has 0 saturated carbocycles. The van der Waals surface area contributed by atoms with Crippen molar-refractivity contribution in [2.75, 3.05) is 16.8 Å². The Kier molecular flexibility index (Phi) is 4.23. The van der Waals surface area contributed by atoms with Crippen LogP contribution < -0.4 is 15.5 Å². The highest BCUT2D eigenvalue weighted by Crippen LogP contribution is 2.21. The molecule has 0 radical (unpaired) electrons. The lowest BCUT2D eigenvalue weighted by molar-refractivity contribution is -0.118. The maximum Gasteiger partial charge on any atom is 0.319 e. The van der Waals surface area contributed by atoms with Crippen LogP contribution >= 0.6 is 0 Å². The minimum Gasteiger partial charge on any atom is -0.326 e. The highest BCUT2D eigenvalue weighted by molar-refractivity contribution is 6.02. The Labute approximate surface area is 133 Å². The largest absolute Gasteiger partial charge is 0.326 e. The van der Waals surface area contributed by atoms with Crippen LogP contribution in [0.3, 0.4) is 0 Å². The number of benzene rings is 2. The summed E-state index contributed by atoms with van der Waals surface area (Å²) in [7, 11) is 0. The summed E-state index contributed by atoms with van der Waals surface area (Å²) in [4.78, 5) is 26.0. The van der Waals surface area contributed by atoms with E-state index < -0.39 is 17.9 Å². The Morgan fingerprint density at radius 3 is 2.52 bits per heavy atom. The Balaban J connectivity index is 1.62. The molecule has 0 aliphatic carbocycles. The second-order valence-electron chi connectivity index (χ2n) is 5.24. The molecule has 5 nitrogen and oxygen atoms in total. The molecule has 0 bridgehead atoms. The van der Waals surface area contributed by atoms with Crippen LogP contribution in [0.2, 0.25) is 0 Å². The number of hydrogen-bond donors (Lipinski definition) is 2. The van der Waals surface area contributed by atoms with Crippen LogP contribution in [0.1, 0.15) is 6.42 Å². The zero-order valence-electron chi connectivity index (χ0n) is 12.3. The number of nitrogens with zero attached hydrogens (tertiary/aromatic N) is 1. The topological polar surface area (TPSA) is 61.4 Å². The summed E-state index contributed by atoms with van der Waals surface area (Å²) >= 11 is 0. The van der Waals surface area contributed by atoms with E-state index in [9.17, 15) is 14.0 Å². The zero-order chi connectivity index (χ0) is 16.2. The molecule has 0 spiro atoms. The summed E-state index contributed by atoms with van der Waals surface area (Å²) in [6.07, 6.45) is 0.512. The fourth-order valence-corrected chi connectivity index (χ4v) is 2.56. The second kappa shape index (κ2) is 6.48. The van der Waals surface area contributed by atoms with Gasteiger partial charge in [0.2, 0.25) is 5.91 Å². The quantitative estimate of drug-likeness (QED) is 0.915. The molecule has 118 valence electrons. The number of para-hydroxylation sites is 2. The summed E-state index contributed by atoms with van der Waals surface area (Å²) in [5, 5.41) is 5.01. The molecule has 2 aromatic carbocycles. The Bertz CT molecular complexity index is 721. The molecule has 23 heavy (non-hydrogen) atoms. The third-order valence-electron chi connectivity index (χ3n) is 3.70. The molecule has 3 amide bonds. The summed E-state index contributed by atoms with van der Waals surface area (Å²) < 4.78 is 13.5. The molecule has 0 unspecified atom stereocenters. The Morgan fingerprint density at radius 2 is 1.78 bits per heavy atom. The fraction of sp³-hybridized carbons (Fsp3) is 0.176. The number of carbonyl (C=O) groups is 2. The normalized spacial score (nSPS) is 17.2. The van der Waals surface area contributed by atoms with Gasteiger partial charge in [-0.25, -0.2) is 9.18 Å². The first kappa shape index (κ1) is 15.0. The van der Waals surface area contributed by atoms with E-state index >= 15 is 0 Å². The first-order valence-corrected chi connectivity index (χ1v) is 7.33. The van der Waals surface area contributed by atoms with Gasteiger partial charge in [-0.2, -0.15) is 0 Å². The minimum absolute atomic E-state index is 0.0790. The maximum atomic E-state index is 13.5. The van der Waals surface area contributed by atoms with E-state index in [1.54, 1.807) is 11.0 Å². The predicted molar refractivity (Wildman–Crippen MR) is 85.8 cm³/mol. The van der Waals surface area contributed by atoms with Crippen molar-refractivity contribution in [2.45, 2.75) is 12.5 Å². The monoisotopic (exact) mass is 313 g/mol. The van der Waals surface area contributed by atoms with E-state index in [0.29, 0.717) is 13.0 Å². The first-order chi connectivity index (χ1) is 11.1. The average molecular weight is 313 g/mol. The van der Waals surface area contributed by atoms with E-state index in [-0.39, 0.29) is 11.6 Å². The molecule has 2 N–H and O–H groups in total. The van der Waals surface area contributed by atoms with Crippen molar-refractivity contribution >= 4 is 23.3 Å². The SMILES string of the molecule is O=C(Nc1ccccc1F)N[C@H]1CCN(c2ccccc2)C1=O. The van der Waals surface area contributed by atoms with Gasteiger partial charge in [-0.1, -0.05) is 30.3 Å². The molecular weight excluding hydrogens is 297 g/mol. The van der Waals surface area contributed by atoms with Crippen molar-refractivity contribution in [2.24, 2.45) is 0 Å². The maximum absolute atomic E-state index is 13.5. The van der Waals surface area contributed by atoms with Gasteiger partial charge in [0.05, 0.1) is 5.69 Å². The van der Waals surface area contributed by atoms with E-state index in [4.69, 9.17) is 0 Å². The number of amides is 3. The van der Waals surface area contributed by atoms with E-state index in [1.807, 2.05) is 30.3 Å². The molecular formula is C17H16FN3O2. The molecule has 2 aromatic rings. The van der Waals surface area contributed by atoms with E-state index in [2.05, 4.69) is 10.6 Å². The van der Waals surface area contributed by atoms with Gasteiger partial charge in [0.15, 0.2) is 0 Å². The van der Waals surface area contributed by atoms with Crippen molar-refractivity contribution in [3.8, 4) is 0 Å². The molecule has 1 atom stereocenters. The van der Waals surface area contributed by atoms with Gasteiger partial charge >= 0.3 is 6.03 Å². The molecule has 1 saturated heterocycles. The van der Waals surface area contributed by atoms with Gasteiger partial charge in [-0.05, 0) is 30.7 Å². The van der Waals surface area contributed by atoms with Crippen LogP contribution in [-0.2, 0) is 4.79 Å².